The van der Waals surface area contributed by atoms with Crippen LogP contribution in [-0.4, -0.2) is 152 Å². The fourth-order valence-electron chi connectivity index (χ4n) is 9.01. The highest BCUT2D eigenvalue weighted by Gasteiger charge is 2.36. The number of phenolic OH excluding ortho intramolecular Hbond substituents is 3. The number of primary amides is 2. The van der Waals surface area contributed by atoms with Crippen LogP contribution >= 0.6 is 0 Å². The van der Waals surface area contributed by atoms with Gasteiger partial charge in [-0.05, 0) is 103 Å². The van der Waals surface area contributed by atoms with Crippen LogP contribution < -0.4 is 71.2 Å². The maximum atomic E-state index is 14.7. The van der Waals surface area contributed by atoms with Crippen LogP contribution in [0.2, 0.25) is 0 Å². The molecule has 0 aliphatic carbocycles. The van der Waals surface area contributed by atoms with Crippen molar-refractivity contribution in [3.8, 4) is 17.2 Å². The van der Waals surface area contributed by atoms with Gasteiger partial charge in [-0.3, -0.25) is 52.9 Å². The molecule has 10 amide bonds. The van der Waals surface area contributed by atoms with E-state index in [-0.39, 0.29) is 98.9 Å². The largest absolute Gasteiger partial charge is 0.508 e. The van der Waals surface area contributed by atoms with Gasteiger partial charge in [-0.2, -0.15) is 0 Å². The van der Waals surface area contributed by atoms with E-state index < -0.39 is 132 Å². The Hall–Kier alpha value is -9.54. The van der Waals surface area contributed by atoms with Gasteiger partial charge in [0.1, 0.15) is 65.6 Å². The number of benzene rings is 3. The van der Waals surface area contributed by atoms with Crippen LogP contribution in [0.5, 0.6) is 17.2 Å². The molecule has 29 nitrogen and oxygen atoms in total. The average Bonchev–Trinajstić information content (AvgIpc) is 3.57. The molecule has 0 saturated heterocycles. The molecule has 0 aromatic heterocycles. The van der Waals surface area contributed by atoms with Crippen LogP contribution in [0.25, 0.3) is 0 Å². The first-order chi connectivity index (χ1) is 41.3. The van der Waals surface area contributed by atoms with E-state index in [0.717, 1.165) is 0 Å². The van der Waals surface area contributed by atoms with Crippen molar-refractivity contribution in [2.75, 3.05) is 6.54 Å². The Balaban J connectivity index is 2.06. The molecule has 0 radical (unpaired) electrons. The average molecular weight is 1230 g/mol. The number of carbonyl (C=O) groups is 11. The smallest absolute Gasteiger partial charge is 0.326 e. The molecule has 0 aliphatic heterocycles. The fourth-order valence-corrected chi connectivity index (χ4v) is 9.01. The van der Waals surface area contributed by atoms with Gasteiger partial charge in [0.05, 0.1) is 18.9 Å². The van der Waals surface area contributed by atoms with Crippen molar-refractivity contribution in [3.63, 3.8) is 0 Å². The molecule has 0 fully saturated rings. The van der Waals surface area contributed by atoms with Crippen LogP contribution in [0.1, 0.15) is 103 Å². The number of carboxylic acid groups (broad SMARTS) is 1. The Morgan fingerprint density at radius 1 is 0.398 bits per heavy atom. The lowest BCUT2D eigenvalue weighted by Crippen LogP contribution is -2.61. The molecule has 0 unspecified atom stereocenters. The van der Waals surface area contributed by atoms with E-state index in [9.17, 15) is 73.2 Å². The molecule has 0 spiro atoms. The summed E-state index contributed by atoms with van der Waals surface area (Å²) in [6.45, 7) is 10.6. The maximum Gasteiger partial charge on any atom is 0.326 e. The summed E-state index contributed by atoms with van der Waals surface area (Å²) < 4.78 is 0. The monoisotopic (exact) mass is 1230 g/mol. The van der Waals surface area contributed by atoms with Crippen molar-refractivity contribution in [3.05, 3.63) is 89.5 Å². The third kappa shape index (κ3) is 26.8. The third-order valence-corrected chi connectivity index (χ3v) is 13.4. The second-order valence-corrected chi connectivity index (χ2v) is 22.7. The summed E-state index contributed by atoms with van der Waals surface area (Å²) in [5, 5.41) is 60.5. The van der Waals surface area contributed by atoms with E-state index in [1.54, 1.807) is 41.5 Å². The van der Waals surface area contributed by atoms with Gasteiger partial charge >= 0.3 is 5.97 Å². The second-order valence-electron chi connectivity index (χ2n) is 22.7. The van der Waals surface area contributed by atoms with Gasteiger partial charge in [-0.25, -0.2) is 4.79 Å². The number of carboxylic acids is 1. The lowest BCUT2D eigenvalue weighted by Gasteiger charge is -2.29. The van der Waals surface area contributed by atoms with E-state index in [1.807, 2.05) is 0 Å². The number of nitrogens with zero attached hydrogens (tertiary/aromatic N) is 1. The fraction of sp³-hybridized carbons (Fsp3) is 0.492. The van der Waals surface area contributed by atoms with Gasteiger partial charge in [0.2, 0.25) is 59.1 Å². The van der Waals surface area contributed by atoms with Gasteiger partial charge in [0, 0.05) is 25.8 Å². The van der Waals surface area contributed by atoms with Crippen molar-refractivity contribution in [2.24, 2.45) is 51.4 Å². The molecule has 0 saturated carbocycles. The molecule has 29 heteroatoms. The van der Waals surface area contributed by atoms with Crippen molar-refractivity contribution in [2.45, 2.75) is 160 Å². The second kappa shape index (κ2) is 35.8. The summed E-state index contributed by atoms with van der Waals surface area (Å²) in [5.74, 6) is -12.3. The predicted octanol–water partition coefficient (Wildman–Crippen LogP) is -1.94. The van der Waals surface area contributed by atoms with E-state index >= 15 is 0 Å². The van der Waals surface area contributed by atoms with Gasteiger partial charge in [0.25, 0.3) is 0 Å². The lowest BCUT2D eigenvalue weighted by atomic mass is 9.99. The zero-order valence-corrected chi connectivity index (χ0v) is 50.2. The lowest BCUT2D eigenvalue weighted by molar-refractivity contribution is -0.143. The van der Waals surface area contributed by atoms with Crippen molar-refractivity contribution in [1.82, 2.24) is 42.5 Å². The maximum absolute atomic E-state index is 14.7. The molecular weight excluding hydrogens is 1140 g/mol. The molecule has 9 atom stereocenters. The molecule has 0 heterocycles. The molecule has 482 valence electrons. The highest BCUT2D eigenvalue weighted by atomic mass is 16.4. The van der Waals surface area contributed by atoms with Gasteiger partial charge in [-0.1, -0.05) is 77.9 Å². The van der Waals surface area contributed by atoms with E-state index in [1.165, 1.54) is 72.8 Å². The zero-order chi connectivity index (χ0) is 65.9. The summed E-state index contributed by atoms with van der Waals surface area (Å²) in [6, 6.07) is 3.11. The number of hydrogen-bond donors (Lipinski definition) is 17. The quantitative estimate of drug-likeness (QED) is 0.0170. The summed E-state index contributed by atoms with van der Waals surface area (Å²) >= 11 is 0. The summed E-state index contributed by atoms with van der Waals surface area (Å²) in [5.41, 5.74) is 28.9. The molecule has 3 aromatic rings. The third-order valence-electron chi connectivity index (χ3n) is 13.4. The number of aliphatic carboxylic acids is 1. The van der Waals surface area contributed by atoms with E-state index in [2.05, 4.69) is 47.5 Å². The highest BCUT2D eigenvalue weighted by Crippen LogP contribution is 2.18. The summed E-state index contributed by atoms with van der Waals surface area (Å²) in [4.78, 5) is 154. The molecule has 88 heavy (non-hydrogen) atoms. The zero-order valence-electron chi connectivity index (χ0n) is 50.2. The standard InChI is InChI=1S/C59H86N14O15/c1-30(2)22-41(52(81)70-44(26-34-11-17-37(75)18-12-34)54(83)66-40(8-7-21-65-59(63)64)51(80)68-42(23-31(3)4)53(82)73-47(58(87)88)24-32(5)6)69-56(85)45(27-35-13-19-38(76)20-14-35)71-57(86)46(29-49(62)78)72-55(84)43(25-33-9-15-36(74)16-10-33)67-50(79)39(60)28-48(61)77/h9-20,30-32,39-47,74-76H,7-8,21-29,60H2,1-6H3,(H2,61,77)(H2,62,78)(H,66,83)(H,67,79)(H,68,80)(H,69,85)(H,70,81)(H,71,86)(H,72,84)(H,73,82)(H,87,88)(H4,63,64,65)/t39-,40-,41-,42-,43-,44-,45-,46-,47-/m0/s1. The Kier molecular flexibility index (Phi) is 29.6. The topological polar surface area (TPSA) is 507 Å². The van der Waals surface area contributed by atoms with Crippen molar-refractivity contribution in [1.29, 1.82) is 0 Å². The molecular formula is C59H86N14O15. The molecule has 3 aromatic carbocycles. The first kappa shape index (κ1) is 72.7. The summed E-state index contributed by atoms with van der Waals surface area (Å²) in [7, 11) is 0. The van der Waals surface area contributed by atoms with E-state index in [4.69, 9.17) is 28.7 Å². The van der Waals surface area contributed by atoms with Crippen LogP contribution in [0, 0.1) is 17.8 Å². The van der Waals surface area contributed by atoms with Crippen LogP contribution in [0.3, 0.4) is 0 Å². The Labute approximate surface area is 509 Å². The number of rotatable bonds is 37. The SMILES string of the molecule is CC(C)C[C@H](NC(=O)[C@H](CC(C)C)NC(=O)[C@H](CCCN=C(N)N)NC(=O)[C@H](Cc1ccc(O)cc1)NC(=O)[C@H](CC(C)C)NC(=O)[C@H](Cc1ccc(O)cc1)NC(=O)[C@H](CC(N)=O)NC(=O)[C@H](Cc1ccc(O)cc1)NC(=O)[C@@H](N)CC(N)=O)C(=O)O. The number of phenols is 3. The molecule has 0 aliphatic rings. The number of guanidine groups is 1. The molecule has 0 bridgehead atoms. The minimum Gasteiger partial charge on any atom is -0.508 e. The van der Waals surface area contributed by atoms with Gasteiger partial charge in [-0.15, -0.1) is 0 Å². The number of amides is 10. The Morgan fingerprint density at radius 2 is 0.682 bits per heavy atom. The first-order valence-electron chi connectivity index (χ1n) is 28.7. The number of hydrogen-bond acceptors (Lipinski definition) is 16. The number of aliphatic imine (C=N–C) groups is 1. The van der Waals surface area contributed by atoms with Crippen LogP contribution in [0.4, 0.5) is 0 Å². The minimum atomic E-state index is -1.83. The van der Waals surface area contributed by atoms with Crippen LogP contribution in [0.15, 0.2) is 77.8 Å². The predicted molar refractivity (Wildman–Crippen MR) is 322 cm³/mol. The number of nitrogens with one attached hydrogen (secondary N) is 8. The number of aromatic hydroxyl groups is 3. The van der Waals surface area contributed by atoms with Crippen LogP contribution in [-0.2, 0) is 72.0 Å². The Bertz CT molecular complexity index is 2900. The highest BCUT2D eigenvalue weighted by molar-refractivity contribution is 5.99. The minimum absolute atomic E-state index is 0.00481. The first-order valence-corrected chi connectivity index (χ1v) is 28.7. The van der Waals surface area contributed by atoms with E-state index in [0.29, 0.717) is 16.7 Å². The molecule has 22 N–H and O–H groups in total. The van der Waals surface area contributed by atoms with Gasteiger partial charge < -0.3 is 91.6 Å². The van der Waals surface area contributed by atoms with Crippen molar-refractivity contribution >= 4 is 71.0 Å². The molecule has 3 rings (SSSR count). The van der Waals surface area contributed by atoms with Crippen molar-refractivity contribution < 1.29 is 73.2 Å². The number of carbonyl (C=O) groups excluding carboxylic acids is 10. The summed E-state index contributed by atoms with van der Waals surface area (Å²) in [6.07, 6.45) is -2.27. The normalized spacial score (nSPS) is 14.2. The number of nitrogens with two attached hydrogens (primary N) is 5. The Morgan fingerprint density at radius 3 is 1.02 bits per heavy atom. The van der Waals surface area contributed by atoms with Gasteiger partial charge in [0.15, 0.2) is 5.96 Å².